The quantitative estimate of drug-likeness (QED) is 0.752. The first-order valence-corrected chi connectivity index (χ1v) is 8.65. The fourth-order valence-electron chi connectivity index (χ4n) is 2.98. The van der Waals surface area contributed by atoms with Gasteiger partial charge in [-0.1, -0.05) is 25.3 Å². The van der Waals surface area contributed by atoms with Crippen molar-refractivity contribution in [3.05, 3.63) is 22.4 Å². The number of carbonyl (C=O) groups is 2. The highest BCUT2D eigenvalue weighted by molar-refractivity contribution is 7.10. The number of hydrogen-bond acceptors (Lipinski definition) is 4. The summed E-state index contributed by atoms with van der Waals surface area (Å²) in [6.45, 7) is 0.954. The Kier molecular flexibility index (Phi) is 6.39. The molecule has 122 valence electrons. The van der Waals surface area contributed by atoms with Gasteiger partial charge in [-0.2, -0.15) is 0 Å². The van der Waals surface area contributed by atoms with Crippen molar-refractivity contribution < 1.29 is 14.3 Å². The van der Waals surface area contributed by atoms with E-state index < -0.39 is 5.41 Å². The summed E-state index contributed by atoms with van der Waals surface area (Å²) in [5.74, 6) is -0.195. The standard InChI is InChI=1S/C16H24N2O3S/c1-21-10-9-17-14(19)12-18-15(20)16(7-3-2-4-8-16)13-6-5-11-22-13/h5-6,11H,2-4,7-10,12H2,1H3,(H,17,19)(H,18,20). The van der Waals surface area contributed by atoms with E-state index in [-0.39, 0.29) is 18.4 Å². The van der Waals surface area contributed by atoms with Gasteiger partial charge in [-0.3, -0.25) is 9.59 Å². The molecule has 1 aliphatic rings. The third kappa shape index (κ3) is 4.08. The van der Waals surface area contributed by atoms with E-state index >= 15 is 0 Å². The largest absolute Gasteiger partial charge is 0.383 e. The Morgan fingerprint density at radius 3 is 2.68 bits per heavy atom. The van der Waals surface area contributed by atoms with Gasteiger partial charge in [0, 0.05) is 18.5 Å². The molecule has 0 aliphatic heterocycles. The molecule has 1 aromatic rings. The van der Waals surface area contributed by atoms with Crippen LogP contribution in [0.5, 0.6) is 0 Å². The minimum absolute atomic E-state index is 0.0171. The normalized spacial score (nSPS) is 17.0. The zero-order valence-electron chi connectivity index (χ0n) is 13.0. The maximum Gasteiger partial charge on any atom is 0.239 e. The highest BCUT2D eigenvalue weighted by Gasteiger charge is 2.41. The van der Waals surface area contributed by atoms with Gasteiger partial charge >= 0.3 is 0 Å². The Hall–Kier alpha value is -1.40. The van der Waals surface area contributed by atoms with Crippen molar-refractivity contribution in [2.45, 2.75) is 37.5 Å². The number of carbonyl (C=O) groups excluding carboxylic acids is 2. The summed E-state index contributed by atoms with van der Waals surface area (Å²) < 4.78 is 4.88. The average molecular weight is 324 g/mol. The van der Waals surface area contributed by atoms with Crippen molar-refractivity contribution in [2.75, 3.05) is 26.8 Å². The first-order valence-electron chi connectivity index (χ1n) is 7.77. The predicted molar refractivity (Wildman–Crippen MR) is 87.0 cm³/mol. The lowest BCUT2D eigenvalue weighted by atomic mass is 9.72. The smallest absolute Gasteiger partial charge is 0.239 e. The second-order valence-electron chi connectivity index (χ2n) is 5.65. The molecule has 2 N–H and O–H groups in total. The van der Waals surface area contributed by atoms with Gasteiger partial charge in [0.1, 0.15) is 0 Å². The van der Waals surface area contributed by atoms with Crippen LogP contribution in [0.25, 0.3) is 0 Å². The van der Waals surface area contributed by atoms with Crippen LogP contribution in [-0.2, 0) is 19.7 Å². The third-order valence-corrected chi connectivity index (χ3v) is 5.25. The van der Waals surface area contributed by atoms with E-state index in [1.54, 1.807) is 18.4 Å². The average Bonchev–Trinajstić information content (AvgIpc) is 3.08. The molecule has 2 rings (SSSR count). The van der Waals surface area contributed by atoms with Crippen LogP contribution in [0.15, 0.2) is 17.5 Å². The molecule has 0 bridgehead atoms. The van der Waals surface area contributed by atoms with Gasteiger partial charge in [0.05, 0.1) is 18.6 Å². The lowest BCUT2D eigenvalue weighted by molar-refractivity contribution is -0.130. The summed E-state index contributed by atoms with van der Waals surface area (Å²) in [6, 6.07) is 4.02. The van der Waals surface area contributed by atoms with Crippen LogP contribution >= 0.6 is 11.3 Å². The van der Waals surface area contributed by atoms with Crippen molar-refractivity contribution in [1.82, 2.24) is 10.6 Å². The van der Waals surface area contributed by atoms with Gasteiger partial charge in [-0.25, -0.2) is 0 Å². The first kappa shape index (κ1) is 17.0. The fourth-order valence-corrected chi connectivity index (χ4v) is 3.96. The SMILES string of the molecule is COCCNC(=O)CNC(=O)C1(c2cccs2)CCCCC1. The lowest BCUT2D eigenvalue weighted by Gasteiger charge is -2.35. The Bertz CT molecular complexity index is 482. The van der Waals surface area contributed by atoms with Crippen LogP contribution < -0.4 is 10.6 Å². The van der Waals surface area contributed by atoms with Crippen LogP contribution in [-0.4, -0.2) is 38.6 Å². The highest BCUT2D eigenvalue weighted by Crippen LogP contribution is 2.41. The second kappa shape index (κ2) is 8.29. The summed E-state index contributed by atoms with van der Waals surface area (Å²) in [5.41, 5.74) is -0.445. The van der Waals surface area contributed by atoms with Gasteiger partial charge in [-0.15, -0.1) is 11.3 Å². The van der Waals surface area contributed by atoms with Gasteiger partial charge in [0.25, 0.3) is 0 Å². The minimum Gasteiger partial charge on any atom is -0.383 e. The molecular formula is C16H24N2O3S. The Balaban J connectivity index is 1.94. The molecule has 0 atom stereocenters. The number of hydrogen-bond donors (Lipinski definition) is 2. The van der Waals surface area contributed by atoms with Crippen LogP contribution in [0.3, 0.4) is 0 Å². The molecule has 1 heterocycles. The van der Waals surface area contributed by atoms with Crippen molar-refractivity contribution in [2.24, 2.45) is 0 Å². The van der Waals surface area contributed by atoms with Crippen molar-refractivity contribution in [1.29, 1.82) is 0 Å². The Morgan fingerprint density at radius 2 is 2.05 bits per heavy atom. The molecule has 2 amide bonds. The number of ether oxygens (including phenoxy) is 1. The van der Waals surface area contributed by atoms with E-state index in [2.05, 4.69) is 10.6 Å². The monoisotopic (exact) mass is 324 g/mol. The fraction of sp³-hybridized carbons (Fsp3) is 0.625. The number of methoxy groups -OCH3 is 1. The molecule has 0 aromatic carbocycles. The van der Waals surface area contributed by atoms with E-state index in [4.69, 9.17) is 4.74 Å². The van der Waals surface area contributed by atoms with E-state index in [0.29, 0.717) is 13.2 Å². The van der Waals surface area contributed by atoms with Crippen LogP contribution in [0, 0.1) is 0 Å². The summed E-state index contributed by atoms with van der Waals surface area (Å²) in [4.78, 5) is 25.6. The van der Waals surface area contributed by atoms with Crippen molar-refractivity contribution >= 4 is 23.2 Å². The Labute approximate surface area is 135 Å². The maximum atomic E-state index is 12.7. The molecule has 0 radical (unpaired) electrons. The van der Waals surface area contributed by atoms with Gasteiger partial charge in [-0.05, 0) is 24.3 Å². The van der Waals surface area contributed by atoms with E-state index in [1.807, 2.05) is 17.5 Å². The minimum atomic E-state index is -0.445. The zero-order valence-corrected chi connectivity index (χ0v) is 13.8. The molecule has 6 heteroatoms. The first-order chi connectivity index (χ1) is 10.7. The van der Waals surface area contributed by atoms with Crippen molar-refractivity contribution in [3.63, 3.8) is 0 Å². The molecule has 1 saturated carbocycles. The lowest BCUT2D eigenvalue weighted by Crippen LogP contribution is -2.48. The molecule has 1 fully saturated rings. The second-order valence-corrected chi connectivity index (χ2v) is 6.59. The number of nitrogens with one attached hydrogen (secondary N) is 2. The molecule has 22 heavy (non-hydrogen) atoms. The summed E-state index contributed by atoms with van der Waals surface area (Å²) >= 11 is 1.63. The van der Waals surface area contributed by atoms with Crippen molar-refractivity contribution in [3.8, 4) is 0 Å². The molecule has 0 unspecified atom stereocenters. The molecule has 1 aromatic heterocycles. The molecule has 1 aliphatic carbocycles. The summed E-state index contributed by atoms with van der Waals surface area (Å²) in [6.07, 6.45) is 5.03. The van der Waals surface area contributed by atoms with E-state index in [1.165, 1.54) is 6.42 Å². The van der Waals surface area contributed by atoms with E-state index in [0.717, 1.165) is 30.6 Å². The molecule has 0 saturated heterocycles. The van der Waals surface area contributed by atoms with Gasteiger partial charge in [0.2, 0.25) is 11.8 Å². The predicted octanol–water partition coefficient (Wildman–Crippen LogP) is 1.83. The maximum absolute atomic E-state index is 12.7. The van der Waals surface area contributed by atoms with Gasteiger partial charge in [0.15, 0.2) is 0 Å². The zero-order chi connectivity index (χ0) is 15.8. The number of thiophene rings is 1. The molecule has 5 nitrogen and oxygen atoms in total. The topological polar surface area (TPSA) is 67.4 Å². The molecular weight excluding hydrogens is 300 g/mol. The summed E-state index contributed by atoms with van der Waals surface area (Å²) in [5, 5.41) is 7.55. The highest BCUT2D eigenvalue weighted by atomic mass is 32.1. The third-order valence-electron chi connectivity index (χ3n) is 4.17. The van der Waals surface area contributed by atoms with Crippen LogP contribution in [0.2, 0.25) is 0 Å². The van der Waals surface area contributed by atoms with E-state index in [9.17, 15) is 9.59 Å². The van der Waals surface area contributed by atoms with Crippen LogP contribution in [0.1, 0.15) is 37.0 Å². The van der Waals surface area contributed by atoms with Gasteiger partial charge < -0.3 is 15.4 Å². The van der Waals surface area contributed by atoms with Crippen LogP contribution in [0.4, 0.5) is 0 Å². The molecule has 0 spiro atoms. The Morgan fingerprint density at radius 1 is 1.27 bits per heavy atom. The number of rotatable bonds is 7. The summed E-state index contributed by atoms with van der Waals surface area (Å²) in [7, 11) is 1.59. The number of amides is 2.